The van der Waals surface area contributed by atoms with Crippen molar-refractivity contribution in [2.24, 2.45) is 0 Å². The minimum absolute atomic E-state index is 0.929. The molecule has 0 atom stereocenters. The summed E-state index contributed by atoms with van der Waals surface area (Å²) in [6.45, 7) is 0. The van der Waals surface area contributed by atoms with Crippen LogP contribution in [-0.2, 0) is 0 Å². The Morgan fingerprint density at radius 3 is 2.04 bits per heavy atom. The van der Waals surface area contributed by atoms with E-state index >= 15 is 0 Å². The number of furan rings is 1. The van der Waals surface area contributed by atoms with Crippen LogP contribution in [0.2, 0.25) is 0 Å². The van der Waals surface area contributed by atoms with E-state index in [4.69, 9.17) is 4.42 Å². The molecule has 0 unspecified atom stereocenters. The molecule has 0 radical (unpaired) electrons. The Bertz CT molecular complexity index is 1170. The van der Waals surface area contributed by atoms with E-state index in [0.29, 0.717) is 0 Å². The van der Waals surface area contributed by atoms with Gasteiger partial charge in [-0.05, 0) is 39.6 Å². The highest BCUT2D eigenvalue weighted by Crippen LogP contribution is 2.37. The Labute approximate surface area is 146 Å². The summed E-state index contributed by atoms with van der Waals surface area (Å²) < 4.78 is 5.83. The highest BCUT2D eigenvalue weighted by Gasteiger charge is 2.12. The summed E-state index contributed by atoms with van der Waals surface area (Å²) in [7, 11) is 0. The zero-order valence-corrected chi connectivity index (χ0v) is 13.6. The summed E-state index contributed by atoms with van der Waals surface area (Å²) in [5.74, 6) is 0. The molecule has 1 nitrogen and oxygen atoms in total. The van der Waals surface area contributed by atoms with Gasteiger partial charge >= 0.3 is 0 Å². The zero-order chi connectivity index (χ0) is 16.6. The van der Waals surface area contributed by atoms with Crippen LogP contribution in [0, 0.1) is 0 Å². The lowest BCUT2D eigenvalue weighted by molar-refractivity contribution is 0.617. The van der Waals surface area contributed by atoms with Crippen LogP contribution in [0.1, 0.15) is 0 Å². The van der Waals surface area contributed by atoms with Crippen LogP contribution in [0.15, 0.2) is 102 Å². The normalized spacial score (nSPS) is 11.2. The average Bonchev–Trinajstić information content (AvgIpc) is 3.13. The Morgan fingerprint density at radius 1 is 0.560 bits per heavy atom. The predicted octanol–water partition coefficient (Wildman–Crippen LogP) is 6.92. The summed E-state index contributed by atoms with van der Waals surface area (Å²) in [5.41, 5.74) is 5.73. The molecule has 5 aromatic rings. The standard InChI is InChI=1S/C24H16O/c1-3-7-17(8-4-1)19-11-13-21-20(15-19)12-14-23-24(21)22(16-25-23)18-9-5-2-6-10-18/h1-16H. The molecule has 0 aliphatic heterocycles. The molecule has 0 saturated carbocycles. The minimum atomic E-state index is 0.929. The van der Waals surface area contributed by atoms with Crippen molar-refractivity contribution in [3.8, 4) is 22.3 Å². The van der Waals surface area contributed by atoms with E-state index in [-0.39, 0.29) is 0 Å². The lowest BCUT2D eigenvalue weighted by Crippen LogP contribution is -1.81. The third-order valence-electron chi connectivity index (χ3n) is 4.75. The number of hydrogen-bond donors (Lipinski definition) is 0. The van der Waals surface area contributed by atoms with Crippen LogP contribution >= 0.6 is 0 Å². The van der Waals surface area contributed by atoms with E-state index in [1.807, 2.05) is 18.4 Å². The van der Waals surface area contributed by atoms with Crippen LogP contribution < -0.4 is 0 Å². The summed E-state index contributed by atoms with van der Waals surface area (Å²) in [5, 5.41) is 3.64. The Hall–Kier alpha value is -3.32. The first-order valence-corrected chi connectivity index (χ1v) is 8.45. The molecule has 1 heteroatoms. The third-order valence-corrected chi connectivity index (χ3v) is 4.75. The Kier molecular flexibility index (Phi) is 3.17. The van der Waals surface area contributed by atoms with Gasteiger partial charge in [0.05, 0.1) is 6.26 Å². The first-order valence-electron chi connectivity index (χ1n) is 8.45. The van der Waals surface area contributed by atoms with Crippen LogP contribution in [0.25, 0.3) is 44.0 Å². The average molecular weight is 320 g/mol. The van der Waals surface area contributed by atoms with Crippen molar-refractivity contribution in [2.45, 2.75) is 0 Å². The molecule has 0 fully saturated rings. The van der Waals surface area contributed by atoms with E-state index in [1.165, 1.54) is 32.8 Å². The van der Waals surface area contributed by atoms with Crippen LogP contribution in [0.4, 0.5) is 0 Å². The van der Waals surface area contributed by atoms with Gasteiger partial charge in [-0.25, -0.2) is 0 Å². The molecule has 5 rings (SSSR count). The summed E-state index contributed by atoms with van der Waals surface area (Å²) in [6.07, 6.45) is 1.87. The van der Waals surface area contributed by atoms with Gasteiger partial charge in [-0.3, -0.25) is 0 Å². The first kappa shape index (κ1) is 14.1. The Morgan fingerprint density at radius 2 is 1.28 bits per heavy atom. The fraction of sp³-hybridized carbons (Fsp3) is 0. The highest BCUT2D eigenvalue weighted by molar-refractivity contribution is 6.13. The number of rotatable bonds is 2. The van der Waals surface area contributed by atoms with Crippen LogP contribution in [0.5, 0.6) is 0 Å². The van der Waals surface area contributed by atoms with Gasteiger partial charge in [0.15, 0.2) is 0 Å². The van der Waals surface area contributed by atoms with E-state index in [1.54, 1.807) is 0 Å². The van der Waals surface area contributed by atoms with E-state index < -0.39 is 0 Å². The quantitative estimate of drug-likeness (QED) is 0.344. The van der Waals surface area contributed by atoms with Gasteiger partial charge < -0.3 is 4.42 Å². The van der Waals surface area contributed by atoms with Gasteiger partial charge in [0.1, 0.15) is 5.58 Å². The van der Waals surface area contributed by atoms with Crippen molar-refractivity contribution < 1.29 is 4.42 Å². The van der Waals surface area contributed by atoms with Crippen molar-refractivity contribution in [1.82, 2.24) is 0 Å². The van der Waals surface area contributed by atoms with Gasteiger partial charge in [-0.2, -0.15) is 0 Å². The van der Waals surface area contributed by atoms with Gasteiger partial charge in [-0.15, -0.1) is 0 Å². The van der Waals surface area contributed by atoms with E-state index in [2.05, 4.69) is 78.9 Å². The van der Waals surface area contributed by atoms with Gasteiger partial charge in [0.25, 0.3) is 0 Å². The molecule has 0 aliphatic carbocycles. The van der Waals surface area contributed by atoms with Crippen molar-refractivity contribution in [3.05, 3.63) is 97.3 Å². The first-order chi connectivity index (χ1) is 12.4. The molecule has 0 N–H and O–H groups in total. The fourth-order valence-corrected chi connectivity index (χ4v) is 3.51. The molecule has 4 aromatic carbocycles. The molecule has 118 valence electrons. The minimum Gasteiger partial charge on any atom is -0.464 e. The number of fused-ring (bicyclic) bond motifs is 3. The molecule has 1 aromatic heterocycles. The molecule has 0 aliphatic rings. The molecule has 0 saturated heterocycles. The maximum Gasteiger partial charge on any atom is 0.135 e. The smallest absolute Gasteiger partial charge is 0.135 e. The zero-order valence-electron chi connectivity index (χ0n) is 13.6. The summed E-state index contributed by atoms with van der Waals surface area (Å²) in [6, 6.07) is 31.8. The van der Waals surface area contributed by atoms with Crippen LogP contribution in [0.3, 0.4) is 0 Å². The number of benzene rings is 4. The predicted molar refractivity (Wildman–Crippen MR) is 105 cm³/mol. The molecular weight excluding hydrogens is 304 g/mol. The van der Waals surface area contributed by atoms with Gasteiger partial charge in [-0.1, -0.05) is 78.9 Å². The largest absolute Gasteiger partial charge is 0.464 e. The summed E-state index contributed by atoms with van der Waals surface area (Å²) >= 11 is 0. The fourth-order valence-electron chi connectivity index (χ4n) is 3.51. The van der Waals surface area contributed by atoms with Crippen molar-refractivity contribution in [3.63, 3.8) is 0 Å². The van der Waals surface area contributed by atoms with Crippen molar-refractivity contribution in [1.29, 1.82) is 0 Å². The van der Waals surface area contributed by atoms with E-state index in [0.717, 1.165) is 11.1 Å². The monoisotopic (exact) mass is 320 g/mol. The lowest BCUT2D eigenvalue weighted by Gasteiger charge is -2.06. The molecule has 1 heterocycles. The highest BCUT2D eigenvalue weighted by atomic mass is 16.3. The second-order valence-corrected chi connectivity index (χ2v) is 6.26. The molecule has 0 bridgehead atoms. The lowest BCUT2D eigenvalue weighted by atomic mass is 9.96. The maximum absolute atomic E-state index is 5.83. The topological polar surface area (TPSA) is 13.1 Å². The summed E-state index contributed by atoms with van der Waals surface area (Å²) in [4.78, 5) is 0. The molecule has 0 spiro atoms. The van der Waals surface area contributed by atoms with Crippen molar-refractivity contribution in [2.75, 3.05) is 0 Å². The molecule has 25 heavy (non-hydrogen) atoms. The van der Waals surface area contributed by atoms with E-state index in [9.17, 15) is 0 Å². The van der Waals surface area contributed by atoms with Gasteiger partial charge in [0.2, 0.25) is 0 Å². The van der Waals surface area contributed by atoms with Crippen molar-refractivity contribution >= 4 is 21.7 Å². The maximum atomic E-state index is 5.83. The molecule has 0 amide bonds. The van der Waals surface area contributed by atoms with Gasteiger partial charge in [0, 0.05) is 10.9 Å². The second kappa shape index (κ2) is 5.64. The molecular formula is C24H16O. The Balaban J connectivity index is 1.77. The van der Waals surface area contributed by atoms with Crippen LogP contribution in [-0.4, -0.2) is 0 Å². The second-order valence-electron chi connectivity index (χ2n) is 6.26. The SMILES string of the molecule is c1ccc(-c2ccc3c(ccc4occ(-c5ccccc5)c43)c2)cc1. The third kappa shape index (κ3) is 2.33. The number of hydrogen-bond acceptors (Lipinski definition) is 1.